The second-order valence-electron chi connectivity index (χ2n) is 9.06. The fraction of sp³-hybridized carbons (Fsp3) is 0.621. The highest BCUT2D eigenvalue weighted by Crippen LogP contribution is 2.36. The van der Waals surface area contributed by atoms with E-state index in [0.717, 1.165) is 49.8 Å². The molecule has 0 radical (unpaired) electrons. The van der Waals surface area contributed by atoms with Gasteiger partial charge in [-0.25, -0.2) is 9.97 Å². The van der Waals surface area contributed by atoms with Crippen LogP contribution in [0.1, 0.15) is 97.0 Å². The fourth-order valence-corrected chi connectivity index (χ4v) is 5.28. The van der Waals surface area contributed by atoms with Crippen LogP contribution in [0.3, 0.4) is 0 Å². The zero-order valence-corrected chi connectivity index (χ0v) is 22.8. The number of aromatic nitrogens is 2. The molecular formula is C29H45ClN4. The van der Waals surface area contributed by atoms with Crippen molar-refractivity contribution in [2.75, 3.05) is 13.6 Å². The standard InChI is InChI=1S/C25H37ClN4.C2H6.C2H2/c1-5-9-22(18(3)21-12-7-6-10-17(21)2)24(27)25-28-19(16-23(26)29-25)13-14-20-11-8-15-30(20)4;2*1-2/h16,20-21,27H,2,5-15H2,1,3-4H3;1-2H3;1-2H/b22-18+,27-24?;;/t20-,21-;;/m0../s1. The van der Waals surface area contributed by atoms with Crippen molar-refractivity contribution in [3.63, 3.8) is 0 Å². The number of nitrogens with zero attached hydrogens (tertiary/aromatic N) is 3. The molecule has 188 valence electrons. The maximum atomic E-state index is 8.95. The first-order valence-electron chi connectivity index (χ1n) is 12.9. The summed E-state index contributed by atoms with van der Waals surface area (Å²) < 4.78 is 0. The Morgan fingerprint density at radius 2 is 1.91 bits per heavy atom. The van der Waals surface area contributed by atoms with E-state index in [1.807, 2.05) is 19.9 Å². The highest BCUT2D eigenvalue weighted by molar-refractivity contribution is 6.29. The molecule has 34 heavy (non-hydrogen) atoms. The molecule has 1 saturated heterocycles. The summed E-state index contributed by atoms with van der Waals surface area (Å²) in [4.78, 5) is 11.7. The lowest BCUT2D eigenvalue weighted by Crippen LogP contribution is -2.25. The molecule has 1 N–H and O–H groups in total. The zero-order valence-electron chi connectivity index (χ0n) is 22.1. The first kappa shape index (κ1) is 30.1. The third-order valence-corrected chi connectivity index (χ3v) is 7.10. The number of likely N-dealkylation sites (tertiary alicyclic amines) is 1. The van der Waals surface area contributed by atoms with Gasteiger partial charge in [-0.1, -0.05) is 62.9 Å². The van der Waals surface area contributed by atoms with E-state index in [1.54, 1.807) is 0 Å². The zero-order chi connectivity index (χ0) is 25.7. The van der Waals surface area contributed by atoms with Gasteiger partial charge in [-0.3, -0.25) is 5.41 Å². The van der Waals surface area contributed by atoms with Gasteiger partial charge < -0.3 is 4.90 Å². The molecule has 0 amide bonds. The van der Waals surface area contributed by atoms with Gasteiger partial charge in [0.25, 0.3) is 0 Å². The molecule has 0 spiro atoms. The van der Waals surface area contributed by atoms with Crippen LogP contribution in [0.2, 0.25) is 5.15 Å². The molecule has 0 unspecified atom stereocenters. The van der Waals surface area contributed by atoms with E-state index in [-0.39, 0.29) is 0 Å². The molecule has 3 rings (SSSR count). The van der Waals surface area contributed by atoms with Crippen LogP contribution in [0, 0.1) is 24.2 Å². The summed E-state index contributed by atoms with van der Waals surface area (Å²) in [7, 11) is 2.20. The maximum absolute atomic E-state index is 8.95. The molecule has 5 heteroatoms. The highest BCUT2D eigenvalue weighted by atomic mass is 35.5. The third-order valence-electron chi connectivity index (χ3n) is 6.91. The number of halogens is 1. The van der Waals surface area contributed by atoms with Gasteiger partial charge in [-0.05, 0) is 83.5 Å². The Kier molecular flexibility index (Phi) is 14.0. The van der Waals surface area contributed by atoms with E-state index in [0.29, 0.717) is 28.6 Å². The second kappa shape index (κ2) is 15.8. The number of terminal acetylenes is 1. The van der Waals surface area contributed by atoms with Gasteiger partial charge in [-0.15, -0.1) is 12.8 Å². The van der Waals surface area contributed by atoms with Crippen LogP contribution in [0.5, 0.6) is 0 Å². The number of nitrogens with one attached hydrogen (secondary N) is 1. The third kappa shape index (κ3) is 8.36. The van der Waals surface area contributed by atoms with Crippen LogP contribution in [-0.4, -0.2) is 40.2 Å². The van der Waals surface area contributed by atoms with Crippen LogP contribution < -0.4 is 0 Å². The molecule has 1 aromatic heterocycles. The second-order valence-corrected chi connectivity index (χ2v) is 9.45. The molecule has 1 aromatic rings. The smallest absolute Gasteiger partial charge is 0.179 e. The van der Waals surface area contributed by atoms with Crippen LogP contribution in [0.15, 0.2) is 29.4 Å². The molecule has 2 heterocycles. The lowest BCUT2D eigenvalue weighted by Gasteiger charge is -2.27. The summed E-state index contributed by atoms with van der Waals surface area (Å²) in [6.07, 6.45) is 19.1. The summed E-state index contributed by atoms with van der Waals surface area (Å²) in [5.41, 5.74) is 5.06. The fourth-order valence-electron chi connectivity index (χ4n) is 5.08. The van der Waals surface area contributed by atoms with Crippen LogP contribution in [0.25, 0.3) is 0 Å². The average Bonchev–Trinajstić information content (AvgIpc) is 3.27. The van der Waals surface area contributed by atoms with E-state index < -0.39 is 0 Å². The Morgan fingerprint density at radius 3 is 2.50 bits per heavy atom. The Bertz CT molecular complexity index is 855. The van der Waals surface area contributed by atoms with Crippen LogP contribution >= 0.6 is 11.6 Å². The SMILES string of the molecule is C#C.C=C1CCCC[C@@H]1/C(C)=C(\CCC)C(=N)c1nc(Cl)cc(CC[C@@H]2CCCN2C)n1.CC. The lowest BCUT2D eigenvalue weighted by molar-refractivity contribution is 0.296. The highest BCUT2D eigenvalue weighted by Gasteiger charge is 2.24. The molecule has 0 bridgehead atoms. The predicted molar refractivity (Wildman–Crippen MR) is 148 cm³/mol. The van der Waals surface area contributed by atoms with Gasteiger partial charge >= 0.3 is 0 Å². The van der Waals surface area contributed by atoms with E-state index in [9.17, 15) is 0 Å². The van der Waals surface area contributed by atoms with Crippen molar-refractivity contribution in [3.8, 4) is 12.8 Å². The number of rotatable bonds is 8. The first-order chi connectivity index (χ1) is 16.4. The predicted octanol–water partition coefficient (Wildman–Crippen LogP) is 7.66. The van der Waals surface area contributed by atoms with Gasteiger partial charge in [0.1, 0.15) is 10.9 Å². The van der Waals surface area contributed by atoms with E-state index >= 15 is 0 Å². The Labute approximate surface area is 213 Å². The summed E-state index contributed by atoms with van der Waals surface area (Å²) in [6, 6.07) is 2.49. The molecule has 2 aliphatic rings. The quantitative estimate of drug-likeness (QED) is 0.178. The molecule has 0 aromatic carbocycles. The number of hydrogen-bond donors (Lipinski definition) is 1. The number of aryl methyl sites for hydroxylation is 1. The molecule has 1 aliphatic heterocycles. The molecule has 2 atom stereocenters. The van der Waals surface area contributed by atoms with Gasteiger partial charge in [-0.2, -0.15) is 0 Å². The number of hydrogen-bond acceptors (Lipinski definition) is 4. The van der Waals surface area contributed by atoms with E-state index in [2.05, 4.69) is 50.2 Å². The molecule has 4 nitrogen and oxygen atoms in total. The van der Waals surface area contributed by atoms with Crippen molar-refractivity contribution < 1.29 is 0 Å². The van der Waals surface area contributed by atoms with Crippen molar-refractivity contribution in [2.45, 2.75) is 97.9 Å². The molecule has 1 saturated carbocycles. The molecule has 1 aliphatic carbocycles. The van der Waals surface area contributed by atoms with Crippen LogP contribution in [-0.2, 0) is 6.42 Å². The minimum absolute atomic E-state index is 0.386. The lowest BCUT2D eigenvalue weighted by atomic mass is 9.78. The van der Waals surface area contributed by atoms with Gasteiger partial charge in [0, 0.05) is 17.7 Å². The van der Waals surface area contributed by atoms with Crippen molar-refractivity contribution in [1.29, 1.82) is 5.41 Å². The summed E-state index contributed by atoms with van der Waals surface area (Å²) in [6.45, 7) is 13.9. The van der Waals surface area contributed by atoms with Crippen molar-refractivity contribution in [2.24, 2.45) is 5.92 Å². The first-order valence-corrected chi connectivity index (χ1v) is 13.3. The number of allylic oxidation sites excluding steroid dienone is 3. The molecule has 2 fully saturated rings. The monoisotopic (exact) mass is 484 g/mol. The molecular weight excluding hydrogens is 440 g/mol. The van der Waals surface area contributed by atoms with E-state index in [1.165, 1.54) is 43.4 Å². The summed E-state index contributed by atoms with van der Waals surface area (Å²) in [5, 5.41) is 9.39. The Balaban J connectivity index is 0.00000137. The minimum atomic E-state index is 0.386. The average molecular weight is 485 g/mol. The van der Waals surface area contributed by atoms with Gasteiger partial charge in [0.2, 0.25) is 0 Å². The van der Waals surface area contributed by atoms with E-state index in [4.69, 9.17) is 22.0 Å². The van der Waals surface area contributed by atoms with Crippen molar-refractivity contribution in [3.05, 3.63) is 46.0 Å². The van der Waals surface area contributed by atoms with Crippen molar-refractivity contribution in [1.82, 2.24) is 14.9 Å². The Morgan fingerprint density at radius 1 is 1.21 bits per heavy atom. The summed E-state index contributed by atoms with van der Waals surface area (Å²) in [5.74, 6) is 0.860. The minimum Gasteiger partial charge on any atom is -0.303 e. The summed E-state index contributed by atoms with van der Waals surface area (Å²) >= 11 is 6.36. The largest absolute Gasteiger partial charge is 0.303 e. The van der Waals surface area contributed by atoms with Gasteiger partial charge in [0.05, 0.1) is 0 Å². The normalized spacial score (nSPS) is 21.0. The van der Waals surface area contributed by atoms with Crippen LogP contribution in [0.4, 0.5) is 0 Å². The Hall–Kier alpha value is -1.96. The topological polar surface area (TPSA) is 52.9 Å². The van der Waals surface area contributed by atoms with Crippen molar-refractivity contribution >= 4 is 17.3 Å². The van der Waals surface area contributed by atoms with Gasteiger partial charge in [0.15, 0.2) is 5.82 Å². The maximum Gasteiger partial charge on any atom is 0.179 e.